The highest BCUT2D eigenvalue weighted by atomic mass is 19.1. The summed E-state index contributed by atoms with van der Waals surface area (Å²) in [6.07, 6.45) is 3.92. The second kappa shape index (κ2) is 8.46. The maximum Gasteiger partial charge on any atom is 0.251 e. The third kappa shape index (κ3) is 4.07. The van der Waals surface area contributed by atoms with Gasteiger partial charge >= 0.3 is 0 Å². The SMILES string of the molecule is Cc1ccc2c(N3CC[C@@H](NC(=O)c4ccncc4)C3)nc(-c3c(O)cccc3F)nc2c1.[HH].[HH]. The Morgan fingerprint density at radius 1 is 1.18 bits per heavy atom. The van der Waals surface area contributed by atoms with Crippen molar-refractivity contribution in [1.82, 2.24) is 20.3 Å². The van der Waals surface area contributed by atoms with Crippen LogP contribution in [0.3, 0.4) is 0 Å². The first-order valence-electron chi connectivity index (χ1n) is 10.7. The van der Waals surface area contributed by atoms with Crippen LogP contribution in [0.2, 0.25) is 0 Å². The fraction of sp³-hybridized carbons (Fsp3) is 0.200. The molecule has 33 heavy (non-hydrogen) atoms. The summed E-state index contributed by atoms with van der Waals surface area (Å²) in [4.78, 5) is 27.8. The van der Waals surface area contributed by atoms with Gasteiger partial charge in [-0.15, -0.1) is 0 Å². The summed E-state index contributed by atoms with van der Waals surface area (Å²) in [7, 11) is 0. The van der Waals surface area contributed by atoms with Crippen LogP contribution < -0.4 is 10.2 Å². The molecule has 0 unspecified atom stereocenters. The molecule has 2 aromatic carbocycles. The van der Waals surface area contributed by atoms with E-state index in [0.29, 0.717) is 30.0 Å². The van der Waals surface area contributed by atoms with Gasteiger partial charge in [0.25, 0.3) is 5.91 Å². The lowest BCUT2D eigenvalue weighted by molar-refractivity contribution is 0.0940. The molecule has 1 fully saturated rings. The number of phenolic OH excluding ortho intramolecular Hbond substituents is 1. The van der Waals surface area contributed by atoms with Gasteiger partial charge < -0.3 is 15.3 Å². The molecule has 1 saturated heterocycles. The van der Waals surface area contributed by atoms with Crippen molar-refractivity contribution in [2.75, 3.05) is 18.0 Å². The quantitative estimate of drug-likeness (QED) is 0.483. The number of carbonyl (C=O) groups is 1. The van der Waals surface area contributed by atoms with Crippen molar-refractivity contribution < 1.29 is 17.1 Å². The minimum Gasteiger partial charge on any atom is -0.507 e. The first-order valence-corrected chi connectivity index (χ1v) is 10.7. The standard InChI is InChI=1S/C25H22FN5O2.2H2/c1-15-5-6-18-20(13-15)29-23(22-19(26)3-2-4-21(22)32)30-24(18)31-12-9-17(14-31)28-25(33)16-7-10-27-11-8-16;;/h2-8,10-11,13,17,32H,9,12,14H2,1H3,(H,28,33);2*1H/t17-;;/m1../s1. The summed E-state index contributed by atoms with van der Waals surface area (Å²) in [5, 5.41) is 14.2. The number of amides is 1. The van der Waals surface area contributed by atoms with Crippen molar-refractivity contribution in [2.45, 2.75) is 19.4 Å². The van der Waals surface area contributed by atoms with E-state index in [1.165, 1.54) is 18.2 Å². The number of hydrogen-bond acceptors (Lipinski definition) is 6. The third-order valence-electron chi connectivity index (χ3n) is 5.81. The zero-order chi connectivity index (χ0) is 22.9. The highest BCUT2D eigenvalue weighted by molar-refractivity contribution is 5.94. The summed E-state index contributed by atoms with van der Waals surface area (Å²) < 4.78 is 14.6. The number of halogens is 1. The predicted octanol–water partition coefficient (Wildman–Crippen LogP) is 4.35. The van der Waals surface area contributed by atoms with Crippen LogP contribution in [0.25, 0.3) is 22.3 Å². The summed E-state index contributed by atoms with van der Waals surface area (Å²) in [5.74, 6) is -0.167. The number of carbonyl (C=O) groups excluding carboxylic acids is 1. The van der Waals surface area contributed by atoms with E-state index in [4.69, 9.17) is 0 Å². The summed E-state index contributed by atoms with van der Waals surface area (Å²) in [5.41, 5.74) is 2.22. The number of nitrogens with zero attached hydrogens (tertiary/aromatic N) is 4. The lowest BCUT2D eigenvalue weighted by atomic mass is 10.1. The van der Waals surface area contributed by atoms with Gasteiger partial charge in [0, 0.05) is 45.3 Å². The highest BCUT2D eigenvalue weighted by Gasteiger charge is 2.28. The minimum absolute atomic E-state index is 0. The molecule has 0 saturated carbocycles. The molecule has 0 spiro atoms. The third-order valence-corrected chi connectivity index (χ3v) is 5.81. The normalized spacial score (nSPS) is 15.7. The van der Waals surface area contributed by atoms with Gasteiger partial charge in [-0.1, -0.05) is 12.1 Å². The van der Waals surface area contributed by atoms with Gasteiger partial charge in [-0.3, -0.25) is 9.78 Å². The molecule has 1 atom stereocenters. The monoisotopic (exact) mass is 447 g/mol. The molecule has 4 aromatic rings. The van der Waals surface area contributed by atoms with E-state index in [9.17, 15) is 14.3 Å². The smallest absolute Gasteiger partial charge is 0.251 e. The maximum absolute atomic E-state index is 14.6. The molecular formula is C25H26FN5O2. The fourth-order valence-electron chi connectivity index (χ4n) is 4.15. The molecule has 2 aromatic heterocycles. The largest absolute Gasteiger partial charge is 0.507 e. The summed E-state index contributed by atoms with van der Waals surface area (Å²) in [6.45, 7) is 3.19. The van der Waals surface area contributed by atoms with Gasteiger partial charge in [0.15, 0.2) is 5.82 Å². The van der Waals surface area contributed by atoms with Gasteiger partial charge in [-0.2, -0.15) is 0 Å². The second-order valence-corrected chi connectivity index (χ2v) is 8.17. The molecular weight excluding hydrogens is 421 g/mol. The van der Waals surface area contributed by atoms with Crippen LogP contribution in [0.5, 0.6) is 5.75 Å². The number of benzene rings is 2. The van der Waals surface area contributed by atoms with Crippen LogP contribution in [-0.4, -0.2) is 45.1 Å². The van der Waals surface area contributed by atoms with Crippen molar-refractivity contribution >= 4 is 22.6 Å². The number of rotatable bonds is 4. The number of aromatic nitrogens is 3. The van der Waals surface area contributed by atoms with Gasteiger partial charge in [0.2, 0.25) is 0 Å². The topological polar surface area (TPSA) is 91.2 Å². The van der Waals surface area contributed by atoms with Crippen LogP contribution >= 0.6 is 0 Å². The van der Waals surface area contributed by atoms with Crippen molar-refractivity contribution in [3.63, 3.8) is 0 Å². The average molecular weight is 448 g/mol. The summed E-state index contributed by atoms with van der Waals surface area (Å²) >= 11 is 0. The van der Waals surface area contributed by atoms with E-state index in [2.05, 4.69) is 25.2 Å². The zero-order valence-corrected chi connectivity index (χ0v) is 18.0. The molecule has 0 radical (unpaired) electrons. The van der Waals surface area contributed by atoms with Gasteiger partial charge in [0.05, 0.1) is 11.1 Å². The van der Waals surface area contributed by atoms with E-state index >= 15 is 0 Å². The van der Waals surface area contributed by atoms with E-state index < -0.39 is 5.82 Å². The Hall–Kier alpha value is -4.07. The number of anilines is 1. The first-order chi connectivity index (χ1) is 16.0. The van der Waals surface area contributed by atoms with Crippen LogP contribution in [-0.2, 0) is 0 Å². The Labute approximate surface area is 192 Å². The van der Waals surface area contributed by atoms with Crippen molar-refractivity contribution in [1.29, 1.82) is 0 Å². The lowest BCUT2D eigenvalue weighted by Crippen LogP contribution is -2.37. The number of nitrogens with one attached hydrogen (secondary N) is 1. The van der Waals surface area contributed by atoms with Crippen LogP contribution in [0.15, 0.2) is 60.9 Å². The Morgan fingerprint density at radius 3 is 2.79 bits per heavy atom. The molecule has 0 aliphatic carbocycles. The Balaban J connectivity index is 0.00000171. The second-order valence-electron chi connectivity index (χ2n) is 8.17. The molecule has 1 aliphatic heterocycles. The Kier molecular flexibility index (Phi) is 5.34. The maximum atomic E-state index is 14.6. The van der Waals surface area contributed by atoms with Gasteiger partial charge in [-0.25, -0.2) is 14.4 Å². The summed E-state index contributed by atoms with van der Waals surface area (Å²) in [6, 6.07) is 13.3. The van der Waals surface area contributed by atoms with Gasteiger partial charge in [0.1, 0.15) is 17.4 Å². The molecule has 0 bridgehead atoms. The fourth-order valence-corrected chi connectivity index (χ4v) is 4.15. The van der Waals surface area contributed by atoms with E-state index in [0.717, 1.165) is 17.4 Å². The molecule has 1 amide bonds. The predicted molar refractivity (Wildman–Crippen MR) is 128 cm³/mol. The Bertz CT molecular complexity index is 1340. The highest BCUT2D eigenvalue weighted by Crippen LogP contribution is 2.34. The number of pyridine rings is 1. The molecule has 2 N–H and O–H groups in total. The average Bonchev–Trinajstić information content (AvgIpc) is 3.27. The van der Waals surface area contributed by atoms with Crippen LogP contribution in [0.4, 0.5) is 10.2 Å². The van der Waals surface area contributed by atoms with E-state index in [-0.39, 0.29) is 31.9 Å². The number of hydrogen-bond donors (Lipinski definition) is 2. The van der Waals surface area contributed by atoms with E-state index in [1.807, 2.05) is 25.1 Å². The molecule has 5 rings (SSSR count). The van der Waals surface area contributed by atoms with Crippen molar-refractivity contribution in [3.05, 3.63) is 77.9 Å². The number of aromatic hydroxyl groups is 1. The molecule has 8 heteroatoms. The van der Waals surface area contributed by atoms with Crippen molar-refractivity contribution in [2.24, 2.45) is 0 Å². The first kappa shape index (κ1) is 20.8. The van der Waals surface area contributed by atoms with E-state index in [1.54, 1.807) is 24.5 Å². The lowest BCUT2D eigenvalue weighted by Gasteiger charge is -2.21. The molecule has 170 valence electrons. The number of phenols is 1. The molecule has 7 nitrogen and oxygen atoms in total. The van der Waals surface area contributed by atoms with Crippen LogP contribution in [0, 0.1) is 12.7 Å². The van der Waals surface area contributed by atoms with Crippen molar-refractivity contribution in [3.8, 4) is 17.1 Å². The number of aryl methyl sites for hydroxylation is 1. The molecule has 3 heterocycles. The molecule has 1 aliphatic rings. The Morgan fingerprint density at radius 2 is 2.00 bits per heavy atom. The number of fused-ring (bicyclic) bond motifs is 1. The minimum atomic E-state index is -0.586. The van der Waals surface area contributed by atoms with Gasteiger partial charge in [-0.05, 0) is 55.3 Å². The zero-order valence-electron chi connectivity index (χ0n) is 18.0. The van der Waals surface area contributed by atoms with Crippen LogP contribution in [0.1, 0.15) is 25.2 Å².